The Bertz CT molecular complexity index is 1170. The first kappa shape index (κ1) is 18.6. The minimum Gasteiger partial charge on any atom is -0.493 e. The molecule has 0 bridgehead atoms. The van der Waals surface area contributed by atoms with E-state index >= 15 is 0 Å². The van der Waals surface area contributed by atoms with Crippen LogP contribution in [0, 0.1) is 0 Å². The highest BCUT2D eigenvalue weighted by Crippen LogP contribution is 2.33. The standard InChI is InChI=1S/C26H26N4O/c1-2-9-24-23(8-1)28-25(29-24)17-30(16-20-6-3-5-18-12-14-31-26(18)20)21-10-11-22-19(15-21)7-4-13-27-22/h1-9,13,15,21-22H,10-12,14,16-17H2,(H,28,29). The summed E-state index contributed by atoms with van der Waals surface area (Å²) in [5.41, 5.74) is 6.04. The van der Waals surface area contributed by atoms with Crippen LogP contribution in [0.5, 0.6) is 5.75 Å². The molecular formula is C26H26N4O. The van der Waals surface area contributed by atoms with E-state index in [1.54, 1.807) is 0 Å². The third-order valence-electron chi connectivity index (χ3n) is 6.58. The Morgan fingerprint density at radius 3 is 3.00 bits per heavy atom. The Morgan fingerprint density at radius 1 is 1.06 bits per heavy atom. The number of fused-ring (bicyclic) bond motifs is 3. The molecule has 1 aliphatic carbocycles. The summed E-state index contributed by atoms with van der Waals surface area (Å²) < 4.78 is 6.01. The number of hydrogen-bond acceptors (Lipinski definition) is 4. The predicted molar refractivity (Wildman–Crippen MR) is 124 cm³/mol. The number of rotatable bonds is 5. The number of H-pyrrole nitrogens is 1. The van der Waals surface area contributed by atoms with Crippen LogP contribution in [0.3, 0.4) is 0 Å². The SMILES string of the molecule is C1=CC2=CC(N(Cc3nc4ccccc4[nH]3)Cc3cccc4c3OCC4)CCC2N=C1. The van der Waals surface area contributed by atoms with Crippen molar-refractivity contribution in [2.45, 2.75) is 44.4 Å². The number of allylic oxidation sites excluding steroid dienone is 1. The van der Waals surface area contributed by atoms with Crippen LogP contribution in [-0.4, -0.2) is 39.8 Å². The number of aliphatic imine (C=N–C) groups is 1. The number of dihydropyridines is 1. The van der Waals surface area contributed by atoms with Crippen molar-refractivity contribution < 1.29 is 4.74 Å². The van der Waals surface area contributed by atoms with E-state index in [1.165, 1.54) is 16.7 Å². The Morgan fingerprint density at radius 2 is 2.03 bits per heavy atom. The highest BCUT2D eigenvalue weighted by Gasteiger charge is 2.28. The molecule has 5 nitrogen and oxygen atoms in total. The van der Waals surface area contributed by atoms with Gasteiger partial charge in [-0.2, -0.15) is 0 Å². The lowest BCUT2D eigenvalue weighted by Gasteiger charge is -2.34. The van der Waals surface area contributed by atoms with Crippen molar-refractivity contribution in [3.63, 3.8) is 0 Å². The van der Waals surface area contributed by atoms with Gasteiger partial charge in [0.25, 0.3) is 0 Å². The lowest BCUT2D eigenvalue weighted by atomic mass is 9.89. The Kier molecular flexibility index (Phi) is 4.69. The lowest BCUT2D eigenvalue weighted by Crippen LogP contribution is -2.37. The number of hydrogen-bond donors (Lipinski definition) is 1. The molecule has 0 spiro atoms. The van der Waals surface area contributed by atoms with Crippen molar-refractivity contribution in [3.8, 4) is 5.75 Å². The van der Waals surface area contributed by atoms with E-state index in [9.17, 15) is 0 Å². The topological polar surface area (TPSA) is 53.5 Å². The highest BCUT2D eigenvalue weighted by molar-refractivity contribution is 5.75. The minimum absolute atomic E-state index is 0.318. The van der Waals surface area contributed by atoms with Crippen LogP contribution in [0.4, 0.5) is 0 Å². The maximum Gasteiger partial charge on any atom is 0.127 e. The molecule has 2 unspecified atom stereocenters. The number of nitrogens with zero attached hydrogens (tertiary/aromatic N) is 3. The minimum atomic E-state index is 0.318. The molecule has 2 aliphatic heterocycles. The van der Waals surface area contributed by atoms with Crippen LogP contribution in [0.15, 0.2) is 71.3 Å². The Balaban J connectivity index is 1.34. The second-order valence-corrected chi connectivity index (χ2v) is 8.59. The fourth-order valence-electron chi connectivity index (χ4n) is 5.02. The van der Waals surface area contributed by atoms with E-state index < -0.39 is 0 Å². The van der Waals surface area contributed by atoms with Gasteiger partial charge in [0.1, 0.15) is 11.6 Å². The number of aromatic nitrogens is 2. The van der Waals surface area contributed by atoms with Gasteiger partial charge in [-0.25, -0.2) is 4.98 Å². The molecule has 0 saturated heterocycles. The van der Waals surface area contributed by atoms with Crippen molar-refractivity contribution in [3.05, 3.63) is 83.2 Å². The van der Waals surface area contributed by atoms with Crippen molar-refractivity contribution >= 4 is 17.2 Å². The predicted octanol–water partition coefficient (Wildman–Crippen LogP) is 4.60. The zero-order chi connectivity index (χ0) is 20.6. The summed E-state index contributed by atoms with van der Waals surface area (Å²) in [6, 6.07) is 15.5. The van der Waals surface area contributed by atoms with Crippen LogP contribution < -0.4 is 4.74 Å². The van der Waals surface area contributed by atoms with Crippen molar-refractivity contribution in [2.24, 2.45) is 4.99 Å². The number of aromatic amines is 1. The van der Waals surface area contributed by atoms with Crippen molar-refractivity contribution in [1.29, 1.82) is 0 Å². The first-order chi connectivity index (χ1) is 15.3. The van der Waals surface area contributed by atoms with Crippen molar-refractivity contribution in [2.75, 3.05) is 6.61 Å². The summed E-state index contributed by atoms with van der Waals surface area (Å²) in [6.45, 7) is 2.39. The monoisotopic (exact) mass is 410 g/mol. The number of benzene rings is 2. The molecule has 5 heteroatoms. The largest absolute Gasteiger partial charge is 0.493 e. The van der Waals surface area contributed by atoms with Gasteiger partial charge in [0, 0.05) is 30.8 Å². The molecule has 0 amide bonds. The third-order valence-corrected chi connectivity index (χ3v) is 6.58. The summed E-state index contributed by atoms with van der Waals surface area (Å²) in [7, 11) is 0. The van der Waals surface area contributed by atoms with E-state index in [-0.39, 0.29) is 0 Å². The van der Waals surface area contributed by atoms with Gasteiger partial charge in [0.2, 0.25) is 0 Å². The number of para-hydroxylation sites is 3. The van der Waals surface area contributed by atoms with Crippen LogP contribution in [0.1, 0.15) is 29.8 Å². The molecule has 1 aromatic heterocycles. The fourth-order valence-corrected chi connectivity index (χ4v) is 5.02. The molecule has 6 rings (SSSR count). The van der Waals surface area contributed by atoms with E-state index in [0.717, 1.165) is 61.6 Å². The molecule has 0 saturated carbocycles. The van der Waals surface area contributed by atoms with E-state index in [0.29, 0.717) is 12.1 Å². The van der Waals surface area contributed by atoms with Gasteiger partial charge in [-0.1, -0.05) is 42.5 Å². The molecule has 156 valence electrons. The number of ether oxygens (including phenoxy) is 1. The maximum atomic E-state index is 6.01. The fraction of sp³-hybridized carbons (Fsp3) is 0.308. The molecule has 3 heterocycles. The second kappa shape index (κ2) is 7.82. The van der Waals surface area contributed by atoms with Gasteiger partial charge >= 0.3 is 0 Å². The molecule has 0 radical (unpaired) electrons. The van der Waals surface area contributed by atoms with Gasteiger partial charge in [-0.3, -0.25) is 9.89 Å². The van der Waals surface area contributed by atoms with Crippen LogP contribution in [0.25, 0.3) is 11.0 Å². The second-order valence-electron chi connectivity index (χ2n) is 8.59. The maximum absolute atomic E-state index is 6.01. The molecule has 3 aromatic rings. The van der Waals surface area contributed by atoms with Gasteiger partial charge in [0.05, 0.1) is 30.2 Å². The number of nitrogens with one attached hydrogen (secondary N) is 1. The van der Waals surface area contributed by atoms with Gasteiger partial charge in [0.15, 0.2) is 0 Å². The van der Waals surface area contributed by atoms with E-state index in [4.69, 9.17) is 9.72 Å². The molecule has 3 aliphatic rings. The first-order valence-corrected chi connectivity index (χ1v) is 11.2. The Hall–Kier alpha value is -3.18. The zero-order valence-electron chi connectivity index (χ0n) is 17.5. The van der Waals surface area contributed by atoms with Crippen molar-refractivity contribution in [1.82, 2.24) is 14.9 Å². The van der Waals surface area contributed by atoms with E-state index in [1.807, 2.05) is 24.4 Å². The van der Waals surface area contributed by atoms with E-state index in [2.05, 4.69) is 57.4 Å². The zero-order valence-corrected chi connectivity index (χ0v) is 17.5. The first-order valence-electron chi connectivity index (χ1n) is 11.2. The summed E-state index contributed by atoms with van der Waals surface area (Å²) in [4.78, 5) is 15.6. The smallest absolute Gasteiger partial charge is 0.127 e. The lowest BCUT2D eigenvalue weighted by molar-refractivity contribution is 0.186. The number of imidazole rings is 1. The normalized spacial score (nSPS) is 21.8. The van der Waals surface area contributed by atoms with Gasteiger partial charge in [-0.05, 0) is 42.2 Å². The summed E-state index contributed by atoms with van der Waals surface area (Å²) in [5, 5.41) is 0. The molecule has 31 heavy (non-hydrogen) atoms. The molecule has 2 atom stereocenters. The molecule has 2 aromatic carbocycles. The average Bonchev–Trinajstić information content (AvgIpc) is 3.45. The van der Waals surface area contributed by atoms with Gasteiger partial charge in [-0.15, -0.1) is 0 Å². The quantitative estimate of drug-likeness (QED) is 0.669. The molecule has 0 fully saturated rings. The molecular weight excluding hydrogens is 384 g/mol. The summed E-state index contributed by atoms with van der Waals surface area (Å²) in [5.74, 6) is 2.09. The van der Waals surface area contributed by atoms with Crippen LogP contribution in [0.2, 0.25) is 0 Å². The third kappa shape index (κ3) is 3.59. The Labute approximate surface area is 182 Å². The van der Waals surface area contributed by atoms with Crippen LogP contribution in [-0.2, 0) is 19.5 Å². The highest BCUT2D eigenvalue weighted by atomic mass is 16.5. The van der Waals surface area contributed by atoms with Crippen LogP contribution >= 0.6 is 0 Å². The average molecular weight is 411 g/mol. The molecule has 1 N–H and O–H groups in total. The van der Waals surface area contributed by atoms with Gasteiger partial charge < -0.3 is 9.72 Å². The summed E-state index contributed by atoms with van der Waals surface area (Å²) in [6.07, 6.45) is 11.8. The summed E-state index contributed by atoms with van der Waals surface area (Å²) >= 11 is 0.